The van der Waals surface area contributed by atoms with Crippen LogP contribution in [0.1, 0.15) is 12.5 Å². The second-order valence-electron chi connectivity index (χ2n) is 4.92. The highest BCUT2D eigenvalue weighted by Gasteiger charge is 2.14. The van der Waals surface area contributed by atoms with Gasteiger partial charge >= 0.3 is 5.97 Å². The number of carbonyl (C=O) groups excluding carboxylic acids is 3. The molecule has 0 saturated carbocycles. The van der Waals surface area contributed by atoms with E-state index in [1.165, 1.54) is 0 Å². The number of amides is 2. The van der Waals surface area contributed by atoms with Crippen LogP contribution in [0, 0.1) is 0 Å². The van der Waals surface area contributed by atoms with E-state index in [1.807, 2.05) is 0 Å². The molecule has 134 valence electrons. The number of ether oxygens (including phenoxy) is 3. The Morgan fingerprint density at radius 3 is 2.76 bits per heavy atom. The molecule has 1 aromatic rings. The molecule has 2 rings (SSSR count). The lowest BCUT2D eigenvalue weighted by atomic mass is 10.1. The highest BCUT2D eigenvalue weighted by atomic mass is 16.7. The van der Waals surface area contributed by atoms with Gasteiger partial charge in [-0.05, 0) is 25.1 Å². The van der Waals surface area contributed by atoms with Crippen molar-refractivity contribution >= 4 is 23.5 Å². The number of fused-ring (bicyclic) bond motifs is 1. The maximum atomic E-state index is 11.4. The summed E-state index contributed by atoms with van der Waals surface area (Å²) in [6, 6.07) is 5.26. The predicted octanol–water partition coefficient (Wildman–Crippen LogP) is -0.699. The predicted molar refractivity (Wildman–Crippen MR) is 83.9 cm³/mol. The van der Waals surface area contributed by atoms with E-state index in [-0.39, 0.29) is 13.3 Å². The van der Waals surface area contributed by atoms with Crippen LogP contribution in [0.3, 0.4) is 0 Å². The van der Waals surface area contributed by atoms with Gasteiger partial charge in [0.1, 0.15) is 0 Å². The molecule has 0 unspecified atom stereocenters. The molecule has 0 aliphatic carbocycles. The monoisotopic (exact) mass is 351 g/mol. The molecule has 0 bridgehead atoms. The largest absolute Gasteiger partial charge is 0.454 e. The van der Waals surface area contributed by atoms with Crippen molar-refractivity contribution in [2.75, 3.05) is 26.6 Å². The van der Waals surface area contributed by atoms with E-state index in [0.29, 0.717) is 17.2 Å². The van der Waals surface area contributed by atoms with Crippen LogP contribution in [0.15, 0.2) is 23.4 Å². The van der Waals surface area contributed by atoms with Crippen molar-refractivity contribution in [3.05, 3.63) is 23.8 Å². The number of carbonyl (C=O) groups is 3. The van der Waals surface area contributed by atoms with Crippen LogP contribution in [-0.4, -0.2) is 50.0 Å². The molecule has 25 heavy (non-hydrogen) atoms. The Labute approximate surface area is 142 Å². The Hall–Kier alpha value is -3.30. The summed E-state index contributed by atoms with van der Waals surface area (Å²) >= 11 is 0. The number of primary amides is 1. The van der Waals surface area contributed by atoms with E-state index >= 15 is 0 Å². The second kappa shape index (κ2) is 8.52. The van der Waals surface area contributed by atoms with Crippen LogP contribution < -0.4 is 20.5 Å². The number of esters is 1. The van der Waals surface area contributed by atoms with E-state index in [2.05, 4.69) is 15.2 Å². The van der Waals surface area contributed by atoms with Gasteiger partial charge in [-0.3, -0.25) is 9.59 Å². The zero-order chi connectivity index (χ0) is 18.2. The topological polar surface area (TPSA) is 139 Å². The summed E-state index contributed by atoms with van der Waals surface area (Å²) in [6.07, 6.45) is 0. The van der Waals surface area contributed by atoms with Crippen molar-refractivity contribution in [2.45, 2.75) is 6.92 Å². The van der Waals surface area contributed by atoms with Crippen LogP contribution in [0.2, 0.25) is 0 Å². The number of hydrogen-bond acceptors (Lipinski definition) is 8. The molecule has 0 atom stereocenters. The molecule has 1 heterocycles. The van der Waals surface area contributed by atoms with Crippen molar-refractivity contribution < 1.29 is 33.4 Å². The maximum Gasteiger partial charge on any atom is 0.347 e. The minimum atomic E-state index is -0.781. The second-order valence-corrected chi connectivity index (χ2v) is 4.92. The highest BCUT2D eigenvalue weighted by Crippen LogP contribution is 2.32. The van der Waals surface area contributed by atoms with Crippen molar-refractivity contribution in [3.63, 3.8) is 0 Å². The van der Waals surface area contributed by atoms with Gasteiger partial charge in [-0.1, -0.05) is 5.16 Å². The van der Waals surface area contributed by atoms with E-state index < -0.39 is 31.0 Å². The molecule has 0 radical (unpaired) electrons. The summed E-state index contributed by atoms with van der Waals surface area (Å²) in [4.78, 5) is 38.0. The van der Waals surface area contributed by atoms with Gasteiger partial charge in [-0.25, -0.2) is 4.79 Å². The molecule has 0 saturated heterocycles. The summed E-state index contributed by atoms with van der Waals surface area (Å²) in [5.74, 6) is -0.871. The van der Waals surface area contributed by atoms with E-state index in [4.69, 9.17) is 20.0 Å². The van der Waals surface area contributed by atoms with Gasteiger partial charge < -0.3 is 30.1 Å². The molecule has 0 aromatic heterocycles. The van der Waals surface area contributed by atoms with Crippen molar-refractivity contribution in [1.82, 2.24) is 5.32 Å². The Morgan fingerprint density at radius 2 is 2.00 bits per heavy atom. The quantitative estimate of drug-likeness (QED) is 0.359. The lowest BCUT2D eigenvalue weighted by Crippen LogP contribution is -2.36. The number of nitrogens with zero attached hydrogens (tertiary/aromatic N) is 1. The average Bonchev–Trinajstić information content (AvgIpc) is 3.05. The number of benzene rings is 1. The van der Waals surface area contributed by atoms with Crippen LogP contribution in [-0.2, 0) is 24.0 Å². The first-order chi connectivity index (χ1) is 12.0. The Kier molecular flexibility index (Phi) is 6.15. The molecule has 1 aliphatic heterocycles. The molecule has 0 fully saturated rings. The first-order valence-corrected chi connectivity index (χ1v) is 7.23. The fourth-order valence-electron chi connectivity index (χ4n) is 1.78. The van der Waals surface area contributed by atoms with Crippen LogP contribution in [0.25, 0.3) is 0 Å². The minimum absolute atomic E-state index is 0.171. The zero-order valence-corrected chi connectivity index (χ0v) is 13.4. The van der Waals surface area contributed by atoms with E-state index in [0.717, 1.165) is 5.56 Å². The summed E-state index contributed by atoms with van der Waals surface area (Å²) in [5.41, 5.74) is 6.12. The van der Waals surface area contributed by atoms with E-state index in [9.17, 15) is 14.4 Å². The fourth-order valence-corrected chi connectivity index (χ4v) is 1.78. The van der Waals surface area contributed by atoms with Crippen LogP contribution in [0.4, 0.5) is 0 Å². The van der Waals surface area contributed by atoms with Crippen molar-refractivity contribution in [3.8, 4) is 11.5 Å². The Morgan fingerprint density at radius 1 is 1.24 bits per heavy atom. The Bertz CT molecular complexity index is 702. The lowest BCUT2D eigenvalue weighted by molar-refractivity contribution is -0.152. The third kappa shape index (κ3) is 5.68. The van der Waals surface area contributed by atoms with Crippen LogP contribution in [0.5, 0.6) is 11.5 Å². The molecule has 2 amide bonds. The van der Waals surface area contributed by atoms with E-state index in [1.54, 1.807) is 25.1 Å². The molecule has 1 aliphatic rings. The highest BCUT2D eigenvalue weighted by molar-refractivity contribution is 5.99. The standard InChI is InChI=1S/C15H17N3O7/c1-9(10-2-3-11-12(4-10)24-8-23-11)18-25-7-15(21)22-6-14(20)17-5-13(16)19/h2-4H,5-8H2,1H3,(H2,16,19)(H,17,20)/b18-9-. The molecule has 0 spiro atoms. The van der Waals surface area contributed by atoms with Gasteiger partial charge in [0, 0.05) is 5.56 Å². The summed E-state index contributed by atoms with van der Waals surface area (Å²) in [5, 5.41) is 5.98. The SMILES string of the molecule is C/C(=N/OCC(=O)OCC(=O)NCC(N)=O)c1ccc2c(c1)OCO2. The van der Waals surface area contributed by atoms with Crippen molar-refractivity contribution in [1.29, 1.82) is 0 Å². The zero-order valence-electron chi connectivity index (χ0n) is 13.4. The molecule has 3 N–H and O–H groups in total. The average molecular weight is 351 g/mol. The van der Waals surface area contributed by atoms with Gasteiger partial charge in [0.25, 0.3) is 5.91 Å². The number of rotatable bonds is 8. The lowest BCUT2D eigenvalue weighted by Gasteiger charge is -2.05. The molecular weight excluding hydrogens is 334 g/mol. The molecule has 1 aromatic carbocycles. The summed E-state index contributed by atoms with van der Waals surface area (Å²) in [7, 11) is 0. The third-order valence-electron chi connectivity index (χ3n) is 3.00. The first kappa shape index (κ1) is 18.0. The van der Waals surface area contributed by atoms with Gasteiger partial charge in [0.05, 0.1) is 12.3 Å². The number of nitrogens with one attached hydrogen (secondary N) is 1. The molecular formula is C15H17N3O7. The van der Waals surface area contributed by atoms with Crippen molar-refractivity contribution in [2.24, 2.45) is 10.9 Å². The summed E-state index contributed by atoms with van der Waals surface area (Å²) < 4.78 is 15.1. The smallest absolute Gasteiger partial charge is 0.347 e. The first-order valence-electron chi connectivity index (χ1n) is 7.23. The fraction of sp³-hybridized carbons (Fsp3) is 0.333. The normalized spacial score (nSPS) is 12.4. The number of oxime groups is 1. The maximum absolute atomic E-state index is 11.4. The number of nitrogens with two attached hydrogens (primary N) is 1. The summed E-state index contributed by atoms with van der Waals surface area (Å²) in [6.45, 7) is 0.529. The number of hydrogen-bond donors (Lipinski definition) is 2. The van der Waals surface area contributed by atoms with Gasteiger partial charge in [0.15, 0.2) is 18.1 Å². The molecule has 10 heteroatoms. The third-order valence-corrected chi connectivity index (χ3v) is 3.00. The van der Waals surface area contributed by atoms with Crippen LogP contribution >= 0.6 is 0 Å². The van der Waals surface area contributed by atoms with Gasteiger partial charge in [-0.2, -0.15) is 0 Å². The molecule has 10 nitrogen and oxygen atoms in total. The Balaban J connectivity index is 1.73. The van der Waals surface area contributed by atoms with Gasteiger partial charge in [-0.15, -0.1) is 0 Å². The minimum Gasteiger partial charge on any atom is -0.454 e. The van der Waals surface area contributed by atoms with Gasteiger partial charge in [0.2, 0.25) is 19.3 Å².